The Labute approximate surface area is 188 Å². The van der Waals surface area contributed by atoms with Crippen LogP contribution in [-0.2, 0) is 11.3 Å². The van der Waals surface area contributed by atoms with Crippen LogP contribution in [0.5, 0.6) is 0 Å². The Hall–Kier alpha value is -3.49. The molecule has 0 bridgehead atoms. The van der Waals surface area contributed by atoms with E-state index in [2.05, 4.69) is 58.4 Å². The lowest BCUT2D eigenvalue weighted by Crippen LogP contribution is -2.35. The van der Waals surface area contributed by atoms with Crippen LogP contribution in [0.3, 0.4) is 0 Å². The Morgan fingerprint density at radius 2 is 1.88 bits per heavy atom. The van der Waals surface area contributed by atoms with Gasteiger partial charge in [0.25, 0.3) is 0 Å². The number of rotatable bonds is 5. The molecule has 1 aliphatic heterocycles. The lowest BCUT2D eigenvalue weighted by Gasteiger charge is -2.27. The third kappa shape index (κ3) is 4.71. The summed E-state index contributed by atoms with van der Waals surface area (Å²) in [6.07, 6.45) is 3.60. The van der Waals surface area contributed by atoms with E-state index in [1.807, 2.05) is 24.4 Å². The van der Waals surface area contributed by atoms with Crippen molar-refractivity contribution in [3.05, 3.63) is 66.5 Å². The van der Waals surface area contributed by atoms with Crippen LogP contribution in [0.25, 0.3) is 22.0 Å². The molecule has 5 rings (SSSR count). The molecule has 0 atom stereocenters. The van der Waals surface area contributed by atoms with Gasteiger partial charge < -0.3 is 15.8 Å². The highest BCUT2D eigenvalue weighted by atomic mass is 16.5. The molecule has 32 heavy (non-hydrogen) atoms. The van der Waals surface area contributed by atoms with Crippen LogP contribution in [0.2, 0.25) is 0 Å². The highest BCUT2D eigenvalue weighted by molar-refractivity contribution is 6.33. The van der Waals surface area contributed by atoms with Gasteiger partial charge in [0, 0.05) is 43.1 Å². The van der Waals surface area contributed by atoms with Crippen LogP contribution in [0.1, 0.15) is 5.56 Å². The summed E-state index contributed by atoms with van der Waals surface area (Å²) >= 11 is 0. The molecule has 160 valence electrons. The number of morpholine rings is 1. The first-order valence-electron chi connectivity index (χ1n) is 10.8. The van der Waals surface area contributed by atoms with Gasteiger partial charge in [-0.3, -0.25) is 4.90 Å². The van der Waals surface area contributed by atoms with Crippen molar-refractivity contribution in [2.75, 3.05) is 37.4 Å². The molecule has 4 aromatic rings. The number of pyridine rings is 1. The molecule has 0 aliphatic carbocycles. The van der Waals surface area contributed by atoms with Crippen molar-refractivity contribution in [2.24, 2.45) is 0 Å². The standard InChI is InChI=1S/C24H25BN6O/c25-20-1-2-22-19(11-20)14-28-24(30-22)29-21-10-16(15-31-5-7-32-8-6-31)9-18(12-21)17-3-4-27-23(26)13-17/h1-4,9-14H,5-8,15,25H2,(H2,26,27)(H,28,29,30). The van der Waals surface area contributed by atoms with Crippen molar-refractivity contribution < 1.29 is 4.74 Å². The highest BCUT2D eigenvalue weighted by Gasteiger charge is 2.13. The van der Waals surface area contributed by atoms with Gasteiger partial charge in [-0.1, -0.05) is 17.6 Å². The van der Waals surface area contributed by atoms with Gasteiger partial charge in [0.1, 0.15) is 13.7 Å². The molecule has 8 heteroatoms. The SMILES string of the molecule is Bc1ccc2nc(Nc3cc(CN4CCOCC4)cc(-c4ccnc(N)c4)c3)ncc2c1. The normalized spacial score (nSPS) is 14.5. The number of benzene rings is 2. The van der Waals surface area contributed by atoms with Crippen molar-refractivity contribution in [3.63, 3.8) is 0 Å². The second-order valence-corrected chi connectivity index (χ2v) is 8.16. The van der Waals surface area contributed by atoms with E-state index in [-0.39, 0.29) is 0 Å². The molecule has 0 unspecified atom stereocenters. The van der Waals surface area contributed by atoms with E-state index in [1.54, 1.807) is 6.20 Å². The van der Waals surface area contributed by atoms with Gasteiger partial charge in [-0.15, -0.1) is 0 Å². The molecular weight excluding hydrogens is 399 g/mol. The number of nitrogens with two attached hydrogens (primary N) is 1. The number of ether oxygens (including phenoxy) is 1. The predicted molar refractivity (Wildman–Crippen MR) is 131 cm³/mol. The lowest BCUT2D eigenvalue weighted by molar-refractivity contribution is 0.0342. The first-order chi connectivity index (χ1) is 15.6. The van der Waals surface area contributed by atoms with Crippen molar-refractivity contribution in [3.8, 4) is 11.1 Å². The summed E-state index contributed by atoms with van der Waals surface area (Å²) in [5.74, 6) is 1.08. The number of nitrogens with one attached hydrogen (secondary N) is 1. The fourth-order valence-corrected chi connectivity index (χ4v) is 4.01. The number of aromatic nitrogens is 3. The maximum atomic E-state index is 5.94. The Kier molecular flexibility index (Phi) is 5.71. The largest absolute Gasteiger partial charge is 0.384 e. The minimum absolute atomic E-state index is 0.503. The van der Waals surface area contributed by atoms with E-state index in [9.17, 15) is 0 Å². The Bertz CT molecular complexity index is 1260. The zero-order valence-corrected chi connectivity index (χ0v) is 18.1. The molecule has 0 amide bonds. The van der Waals surface area contributed by atoms with Gasteiger partial charge in [-0.2, -0.15) is 0 Å². The summed E-state index contributed by atoms with van der Waals surface area (Å²) < 4.78 is 5.50. The number of hydrogen-bond acceptors (Lipinski definition) is 7. The first-order valence-corrected chi connectivity index (χ1v) is 10.8. The maximum Gasteiger partial charge on any atom is 0.227 e. The van der Waals surface area contributed by atoms with Gasteiger partial charge in [0.05, 0.1) is 18.7 Å². The summed E-state index contributed by atoms with van der Waals surface area (Å²) in [7, 11) is 2.07. The van der Waals surface area contributed by atoms with Crippen LogP contribution >= 0.6 is 0 Å². The third-order valence-electron chi connectivity index (χ3n) is 5.61. The van der Waals surface area contributed by atoms with E-state index < -0.39 is 0 Å². The molecular formula is C24H25BN6O. The smallest absolute Gasteiger partial charge is 0.227 e. The zero-order valence-electron chi connectivity index (χ0n) is 18.1. The first kappa shape index (κ1) is 20.4. The Morgan fingerprint density at radius 1 is 1.00 bits per heavy atom. The van der Waals surface area contributed by atoms with E-state index in [1.165, 1.54) is 11.0 Å². The molecule has 1 aliphatic rings. The van der Waals surface area contributed by atoms with Crippen LogP contribution in [0.4, 0.5) is 17.5 Å². The molecule has 1 fully saturated rings. The number of nitrogen functional groups attached to an aromatic ring is 1. The fraction of sp³-hybridized carbons (Fsp3) is 0.208. The van der Waals surface area contributed by atoms with Crippen molar-refractivity contribution in [1.82, 2.24) is 19.9 Å². The van der Waals surface area contributed by atoms with Crippen LogP contribution in [0, 0.1) is 0 Å². The van der Waals surface area contributed by atoms with Crippen LogP contribution < -0.4 is 16.5 Å². The Morgan fingerprint density at radius 3 is 2.72 bits per heavy atom. The summed E-state index contributed by atoms with van der Waals surface area (Å²) in [4.78, 5) is 15.8. The molecule has 0 radical (unpaired) electrons. The number of nitrogens with zero attached hydrogens (tertiary/aromatic N) is 4. The van der Waals surface area contributed by atoms with E-state index in [0.29, 0.717) is 11.8 Å². The summed E-state index contributed by atoms with van der Waals surface area (Å²) in [5, 5.41) is 4.43. The molecule has 0 spiro atoms. The summed E-state index contributed by atoms with van der Waals surface area (Å²) in [5.41, 5.74) is 12.3. The molecule has 3 heterocycles. The number of anilines is 3. The maximum absolute atomic E-state index is 5.94. The van der Waals surface area contributed by atoms with Gasteiger partial charge in [0.15, 0.2) is 0 Å². The van der Waals surface area contributed by atoms with E-state index in [0.717, 1.165) is 60.6 Å². The van der Waals surface area contributed by atoms with Gasteiger partial charge >= 0.3 is 0 Å². The van der Waals surface area contributed by atoms with Crippen LogP contribution in [-0.4, -0.2) is 54.0 Å². The number of fused-ring (bicyclic) bond motifs is 1. The molecule has 2 aromatic heterocycles. The number of hydrogen-bond donors (Lipinski definition) is 2. The van der Waals surface area contributed by atoms with Crippen molar-refractivity contribution in [1.29, 1.82) is 0 Å². The minimum atomic E-state index is 0.503. The van der Waals surface area contributed by atoms with E-state index >= 15 is 0 Å². The average Bonchev–Trinajstić information content (AvgIpc) is 2.80. The van der Waals surface area contributed by atoms with Crippen LogP contribution in [0.15, 0.2) is 60.9 Å². The molecule has 2 aromatic carbocycles. The molecule has 1 saturated heterocycles. The van der Waals surface area contributed by atoms with Gasteiger partial charge in [-0.05, 0) is 53.1 Å². The Balaban J connectivity index is 1.49. The molecule has 0 saturated carbocycles. The molecule has 7 nitrogen and oxygen atoms in total. The minimum Gasteiger partial charge on any atom is -0.384 e. The third-order valence-corrected chi connectivity index (χ3v) is 5.61. The van der Waals surface area contributed by atoms with Crippen molar-refractivity contribution >= 4 is 41.7 Å². The topological polar surface area (TPSA) is 89.2 Å². The second kappa shape index (κ2) is 8.94. The summed E-state index contributed by atoms with van der Waals surface area (Å²) in [6, 6.07) is 16.5. The van der Waals surface area contributed by atoms with E-state index in [4.69, 9.17) is 15.5 Å². The van der Waals surface area contributed by atoms with Gasteiger partial charge in [-0.25, -0.2) is 15.0 Å². The highest BCUT2D eigenvalue weighted by Crippen LogP contribution is 2.28. The predicted octanol–water partition coefficient (Wildman–Crippen LogP) is 2.11. The average molecular weight is 424 g/mol. The van der Waals surface area contributed by atoms with Gasteiger partial charge in [0.2, 0.25) is 5.95 Å². The monoisotopic (exact) mass is 424 g/mol. The quantitative estimate of drug-likeness (QED) is 0.475. The summed E-state index contributed by atoms with van der Waals surface area (Å²) in [6.45, 7) is 4.27. The fourth-order valence-electron chi connectivity index (χ4n) is 4.01. The lowest BCUT2D eigenvalue weighted by atomic mass is 9.95. The zero-order chi connectivity index (χ0) is 21.9. The molecule has 3 N–H and O–H groups in total. The second-order valence-electron chi connectivity index (χ2n) is 8.16. The van der Waals surface area contributed by atoms with Crippen molar-refractivity contribution in [2.45, 2.75) is 6.54 Å².